The minimum Gasteiger partial charge on any atom is -0.384 e. The van der Waals surface area contributed by atoms with Gasteiger partial charge in [-0.25, -0.2) is 14.8 Å². The maximum absolute atomic E-state index is 11.7. The number of aromatic nitrogens is 4. The lowest BCUT2D eigenvalue weighted by Gasteiger charge is -2.28. The number of hydrogen-bond acceptors (Lipinski definition) is 8. The van der Waals surface area contributed by atoms with Gasteiger partial charge in [0.1, 0.15) is 5.82 Å². The van der Waals surface area contributed by atoms with Gasteiger partial charge in [0.2, 0.25) is 0 Å². The fourth-order valence-electron chi connectivity index (χ4n) is 5.37. The Balaban J connectivity index is 1.70. The molecular formula is C26H33ClN6O4. The standard InChI is InChI=1S/C26H33ClN6O4/c1-15-4-6-16(7-5-15)12-33-23-20(30-25(33)18(13-35-2)14-36-3)9-21(24-31-26(34)37-32-24)29-22(23)17-8-19(27)11-28-10-17/h8-11,15-16,18,24,32H,4-7,12-14H2,1-3H3,(H,31,34). The number of fused-ring (bicyclic) bond motifs is 1. The van der Waals surface area contributed by atoms with Crippen LogP contribution in [0.4, 0.5) is 4.79 Å². The van der Waals surface area contributed by atoms with Crippen LogP contribution in [0.2, 0.25) is 5.02 Å². The van der Waals surface area contributed by atoms with Crippen molar-refractivity contribution >= 4 is 28.7 Å². The Morgan fingerprint density at radius 3 is 2.54 bits per heavy atom. The Labute approximate surface area is 221 Å². The molecule has 0 bridgehead atoms. The van der Waals surface area contributed by atoms with Crippen molar-refractivity contribution in [2.24, 2.45) is 11.8 Å². The molecule has 0 radical (unpaired) electrons. The van der Waals surface area contributed by atoms with Crippen molar-refractivity contribution < 1.29 is 19.1 Å². The quantitative estimate of drug-likeness (QED) is 0.414. The van der Waals surface area contributed by atoms with E-state index in [9.17, 15) is 4.79 Å². The van der Waals surface area contributed by atoms with Crippen LogP contribution in [0.3, 0.4) is 0 Å². The third kappa shape index (κ3) is 5.57. The molecule has 5 rings (SSSR count). The summed E-state index contributed by atoms with van der Waals surface area (Å²) in [4.78, 5) is 31.0. The normalized spacial score (nSPS) is 22.0. The molecule has 198 valence electrons. The maximum Gasteiger partial charge on any atom is 0.427 e. The number of imidazole rings is 1. The number of pyridine rings is 2. The predicted molar refractivity (Wildman–Crippen MR) is 139 cm³/mol. The van der Waals surface area contributed by atoms with E-state index in [1.165, 1.54) is 25.7 Å². The van der Waals surface area contributed by atoms with Crippen molar-refractivity contribution in [1.82, 2.24) is 30.3 Å². The van der Waals surface area contributed by atoms with Crippen molar-refractivity contribution in [3.8, 4) is 11.3 Å². The van der Waals surface area contributed by atoms with E-state index in [0.29, 0.717) is 35.5 Å². The van der Waals surface area contributed by atoms with Gasteiger partial charge in [-0.2, -0.15) is 0 Å². The van der Waals surface area contributed by atoms with Crippen LogP contribution in [-0.4, -0.2) is 53.0 Å². The first kappa shape index (κ1) is 25.8. The van der Waals surface area contributed by atoms with Crippen molar-refractivity contribution in [1.29, 1.82) is 0 Å². The molecule has 0 spiro atoms. The second kappa shape index (κ2) is 11.3. The summed E-state index contributed by atoms with van der Waals surface area (Å²) in [7, 11) is 3.38. The van der Waals surface area contributed by atoms with E-state index in [1.54, 1.807) is 26.6 Å². The van der Waals surface area contributed by atoms with Crippen LogP contribution >= 0.6 is 11.6 Å². The first-order chi connectivity index (χ1) is 18.0. The molecule has 2 N–H and O–H groups in total. The number of hydrogen-bond donors (Lipinski definition) is 2. The molecule has 1 atom stereocenters. The van der Waals surface area contributed by atoms with Crippen LogP contribution in [-0.2, 0) is 20.9 Å². The first-order valence-electron chi connectivity index (χ1n) is 12.7. The molecule has 37 heavy (non-hydrogen) atoms. The van der Waals surface area contributed by atoms with Crippen molar-refractivity contribution in [2.45, 2.75) is 51.2 Å². The molecule has 1 amide bonds. The lowest BCUT2D eigenvalue weighted by atomic mass is 9.83. The van der Waals surface area contributed by atoms with Gasteiger partial charge < -0.3 is 18.9 Å². The highest BCUT2D eigenvalue weighted by molar-refractivity contribution is 6.30. The first-order valence-corrected chi connectivity index (χ1v) is 13.1. The molecular weight excluding hydrogens is 496 g/mol. The zero-order valence-corrected chi connectivity index (χ0v) is 22.1. The molecule has 0 aromatic carbocycles. The van der Waals surface area contributed by atoms with Crippen LogP contribution in [0.15, 0.2) is 24.5 Å². The zero-order chi connectivity index (χ0) is 25.9. The number of nitrogens with one attached hydrogen (secondary N) is 2. The van der Waals surface area contributed by atoms with Gasteiger partial charge in [-0.3, -0.25) is 10.3 Å². The number of amides is 1. The Morgan fingerprint density at radius 2 is 1.89 bits per heavy atom. The fraction of sp³-hybridized carbons (Fsp3) is 0.538. The molecule has 10 nitrogen and oxygen atoms in total. The van der Waals surface area contributed by atoms with Gasteiger partial charge in [-0.15, -0.1) is 5.48 Å². The van der Waals surface area contributed by atoms with Gasteiger partial charge >= 0.3 is 6.09 Å². The topological polar surface area (TPSA) is 112 Å². The summed E-state index contributed by atoms with van der Waals surface area (Å²) in [5.41, 5.74) is 6.40. The summed E-state index contributed by atoms with van der Waals surface area (Å²) in [5.74, 6) is 2.13. The molecule has 1 aliphatic heterocycles. The zero-order valence-electron chi connectivity index (χ0n) is 21.4. The Kier molecular flexibility index (Phi) is 7.89. The van der Waals surface area contributed by atoms with Crippen LogP contribution in [0.5, 0.6) is 0 Å². The molecule has 1 saturated heterocycles. The maximum atomic E-state index is 11.7. The molecule has 1 unspecified atom stereocenters. The number of rotatable bonds is 9. The number of nitrogens with zero attached hydrogens (tertiary/aromatic N) is 4. The Bertz CT molecular complexity index is 1250. The minimum atomic E-state index is -0.607. The van der Waals surface area contributed by atoms with Gasteiger partial charge in [0.15, 0.2) is 6.17 Å². The second-order valence-corrected chi connectivity index (χ2v) is 10.5. The average Bonchev–Trinajstić information content (AvgIpc) is 3.48. The molecule has 2 aliphatic rings. The number of ether oxygens (including phenoxy) is 2. The third-order valence-corrected chi connectivity index (χ3v) is 7.46. The molecule has 2 fully saturated rings. The van der Waals surface area contributed by atoms with Crippen LogP contribution in [0.1, 0.15) is 56.2 Å². The molecule has 3 aromatic heterocycles. The smallest absolute Gasteiger partial charge is 0.384 e. The van der Waals surface area contributed by atoms with E-state index in [2.05, 4.69) is 27.3 Å². The van der Waals surface area contributed by atoms with Gasteiger partial charge in [-0.05, 0) is 36.8 Å². The number of halogens is 1. The van der Waals surface area contributed by atoms with Crippen LogP contribution in [0, 0.1) is 11.8 Å². The molecule has 11 heteroatoms. The van der Waals surface area contributed by atoms with E-state index in [0.717, 1.165) is 34.9 Å². The summed E-state index contributed by atoms with van der Waals surface area (Å²) in [5, 5.41) is 3.24. The van der Waals surface area contributed by atoms with E-state index in [4.69, 9.17) is 35.9 Å². The van der Waals surface area contributed by atoms with Gasteiger partial charge in [0, 0.05) is 38.7 Å². The third-order valence-electron chi connectivity index (χ3n) is 7.26. The molecule has 4 heterocycles. The molecule has 1 aliphatic carbocycles. The summed E-state index contributed by atoms with van der Waals surface area (Å²) >= 11 is 6.34. The lowest BCUT2D eigenvalue weighted by molar-refractivity contribution is 0.112. The number of methoxy groups -OCH3 is 2. The van der Waals surface area contributed by atoms with Gasteiger partial charge in [0.25, 0.3) is 0 Å². The Morgan fingerprint density at radius 1 is 1.14 bits per heavy atom. The summed E-state index contributed by atoms with van der Waals surface area (Å²) < 4.78 is 13.4. The van der Waals surface area contributed by atoms with E-state index < -0.39 is 12.3 Å². The fourth-order valence-corrected chi connectivity index (χ4v) is 5.55. The van der Waals surface area contributed by atoms with Gasteiger partial charge in [-0.1, -0.05) is 31.4 Å². The summed E-state index contributed by atoms with van der Waals surface area (Å²) in [6.07, 6.45) is 6.98. The van der Waals surface area contributed by atoms with Crippen LogP contribution in [0.25, 0.3) is 22.3 Å². The lowest BCUT2D eigenvalue weighted by Crippen LogP contribution is -2.24. The van der Waals surface area contributed by atoms with E-state index in [1.807, 2.05) is 12.1 Å². The van der Waals surface area contributed by atoms with Crippen molar-refractivity contribution in [3.05, 3.63) is 41.1 Å². The summed E-state index contributed by atoms with van der Waals surface area (Å²) in [6.45, 7) is 4.10. The van der Waals surface area contributed by atoms with Crippen molar-refractivity contribution in [3.63, 3.8) is 0 Å². The number of carbonyl (C=O) groups excluding carboxylic acids is 1. The number of hydroxylamine groups is 1. The second-order valence-electron chi connectivity index (χ2n) is 10.1. The molecule has 3 aromatic rings. The van der Waals surface area contributed by atoms with E-state index >= 15 is 0 Å². The highest BCUT2D eigenvalue weighted by Crippen LogP contribution is 2.36. The SMILES string of the molecule is COCC(COC)c1nc2cc(C3NOC(=O)N3)nc(-c3cncc(Cl)c3)c2n1CC1CCC(C)CC1. The Hall–Kier alpha value is -2.79. The highest BCUT2D eigenvalue weighted by atomic mass is 35.5. The summed E-state index contributed by atoms with van der Waals surface area (Å²) in [6, 6.07) is 3.74. The molecule has 1 saturated carbocycles. The average molecular weight is 529 g/mol. The highest BCUT2D eigenvalue weighted by Gasteiger charge is 2.30. The predicted octanol–water partition coefficient (Wildman–Crippen LogP) is 4.59. The van der Waals surface area contributed by atoms with Crippen LogP contribution < -0.4 is 10.8 Å². The number of carbonyl (C=O) groups is 1. The largest absolute Gasteiger partial charge is 0.427 e. The van der Waals surface area contributed by atoms with E-state index in [-0.39, 0.29) is 5.92 Å². The monoisotopic (exact) mass is 528 g/mol. The van der Waals surface area contributed by atoms with Crippen molar-refractivity contribution in [2.75, 3.05) is 27.4 Å². The van der Waals surface area contributed by atoms with Gasteiger partial charge in [0.05, 0.1) is 46.6 Å². The minimum absolute atomic E-state index is 0.0636.